The van der Waals surface area contributed by atoms with Gasteiger partial charge in [0.2, 0.25) is 0 Å². The molecule has 1 fully saturated rings. The predicted molar refractivity (Wildman–Crippen MR) is 249 cm³/mol. The van der Waals surface area contributed by atoms with E-state index in [0.717, 1.165) is 0 Å². The summed E-state index contributed by atoms with van der Waals surface area (Å²) in [6, 6.07) is 29.9. The zero-order valence-corrected chi connectivity index (χ0v) is 43.1. The Morgan fingerprint density at radius 2 is 0.797 bits per heavy atom. The van der Waals surface area contributed by atoms with Gasteiger partial charge < -0.3 is 24.8 Å². The summed E-state index contributed by atoms with van der Waals surface area (Å²) in [7, 11) is 0. The monoisotopic (exact) mass is 906 g/mol. The fourth-order valence-corrected chi connectivity index (χ4v) is 27.8. The van der Waals surface area contributed by atoms with Crippen molar-refractivity contribution in [2.45, 2.75) is 173 Å². The summed E-state index contributed by atoms with van der Waals surface area (Å²) in [4.78, 5) is 0. The first kappa shape index (κ1) is 47.9. The van der Waals surface area contributed by atoms with Gasteiger partial charge in [-0.1, -0.05) is 0 Å². The number of rotatable bonds is 10. The molecule has 1 aliphatic heterocycles. The number of hydrogen-bond donors (Lipinski definition) is 0. The van der Waals surface area contributed by atoms with Crippen molar-refractivity contribution in [2.24, 2.45) is 0 Å². The topological polar surface area (TPSA) is 0 Å². The van der Waals surface area contributed by atoms with E-state index in [0.29, 0.717) is 7.25 Å². The molecule has 0 spiro atoms. The summed E-state index contributed by atoms with van der Waals surface area (Å²) in [6.07, 6.45) is 13.0. The third-order valence-electron chi connectivity index (χ3n) is 13.9. The molecule has 0 saturated carbocycles. The van der Waals surface area contributed by atoms with Crippen molar-refractivity contribution in [1.29, 1.82) is 0 Å². The van der Waals surface area contributed by atoms with Crippen LogP contribution in [0.3, 0.4) is 0 Å². The van der Waals surface area contributed by atoms with E-state index in [9.17, 15) is 0 Å². The van der Waals surface area contributed by atoms with Gasteiger partial charge in [0.15, 0.2) is 0 Å². The van der Waals surface area contributed by atoms with Crippen LogP contribution in [0.25, 0.3) is 34.4 Å². The number of unbranched alkanes of at least 4 members (excludes halogenated alkanes) is 2. The molecular formula is C56H74Cl2Zr. The molecule has 3 heteroatoms. The zero-order chi connectivity index (χ0) is 41.3. The van der Waals surface area contributed by atoms with E-state index in [1.807, 2.05) is 0 Å². The van der Waals surface area contributed by atoms with Crippen molar-refractivity contribution in [1.82, 2.24) is 0 Å². The van der Waals surface area contributed by atoms with Gasteiger partial charge in [-0.3, -0.25) is 0 Å². The molecule has 7 rings (SSSR count). The average molecular weight is 909 g/mol. The second-order valence-corrected chi connectivity index (χ2v) is 33.8. The van der Waals surface area contributed by atoms with E-state index in [1.165, 1.54) is 91.3 Å². The van der Waals surface area contributed by atoms with Gasteiger partial charge in [-0.2, -0.15) is 0 Å². The molecule has 2 aliphatic carbocycles. The van der Waals surface area contributed by atoms with Gasteiger partial charge in [0.25, 0.3) is 0 Å². The maximum absolute atomic E-state index is 2.92. The first-order valence-corrected chi connectivity index (χ1v) is 29.0. The molecule has 3 aliphatic rings. The van der Waals surface area contributed by atoms with Crippen LogP contribution in [0.2, 0.25) is 8.26 Å². The normalized spacial score (nSPS) is 17.8. The van der Waals surface area contributed by atoms with E-state index in [-0.39, 0.29) is 46.5 Å². The molecule has 0 aromatic heterocycles. The van der Waals surface area contributed by atoms with E-state index in [1.54, 1.807) is 33.4 Å². The third-order valence-corrected chi connectivity index (χ3v) is 26.9. The minimum Gasteiger partial charge on any atom is -1.00 e. The van der Waals surface area contributed by atoms with Crippen LogP contribution in [0.1, 0.15) is 187 Å². The maximum Gasteiger partial charge on any atom is -1.00 e. The molecule has 2 unspecified atom stereocenters. The van der Waals surface area contributed by atoms with Crippen molar-refractivity contribution in [3.8, 4) is 22.3 Å². The fourth-order valence-electron chi connectivity index (χ4n) is 10.2. The standard InChI is InChI=1S/2C27H35.C2H4.2ClH.Zr/c2*1-8-9-11-19-14-20-12-10-13-24(25(20)15-19)21-16-22(26(2,3)4)18-23(17-21)27(5,6)7;1-2;;;/h2*10,12-18H,8-9,11H2,1-7H3;1-2H2;2*1H;/q;;;;;+2/p-2. The molecule has 0 radical (unpaired) electrons. The first-order chi connectivity index (χ1) is 26.7. The second-order valence-electron chi connectivity index (χ2n) is 22.5. The Morgan fingerprint density at radius 1 is 0.475 bits per heavy atom. The fraction of sp³-hybridized carbons (Fsp3) is 0.500. The molecule has 1 saturated heterocycles. The predicted octanol–water partition coefficient (Wildman–Crippen LogP) is 11.2. The third kappa shape index (κ3) is 9.45. The molecule has 0 nitrogen and oxygen atoms in total. The van der Waals surface area contributed by atoms with Crippen molar-refractivity contribution in [2.75, 3.05) is 0 Å². The molecule has 4 aromatic carbocycles. The summed E-state index contributed by atoms with van der Waals surface area (Å²) < 4.78 is 4.34. The average Bonchev–Trinajstić information content (AvgIpc) is 3.68. The van der Waals surface area contributed by atoms with Crippen molar-refractivity contribution in [3.05, 3.63) is 128 Å². The Hall–Kier alpha value is -2.18. The summed E-state index contributed by atoms with van der Waals surface area (Å²) in [5.74, 6) is 0. The minimum atomic E-state index is -2.92. The van der Waals surface area contributed by atoms with Gasteiger partial charge in [-0.15, -0.1) is 0 Å². The molecule has 0 bridgehead atoms. The number of fused-ring (bicyclic) bond motifs is 2. The molecule has 2 atom stereocenters. The Morgan fingerprint density at radius 3 is 1.07 bits per heavy atom. The Balaban J connectivity index is 0.00000331. The van der Waals surface area contributed by atoms with Crippen molar-refractivity contribution >= 4 is 12.2 Å². The van der Waals surface area contributed by atoms with E-state index < -0.39 is 20.3 Å². The van der Waals surface area contributed by atoms with Gasteiger partial charge in [0.05, 0.1) is 0 Å². The first-order valence-electron chi connectivity index (χ1n) is 22.7. The molecule has 316 valence electrons. The van der Waals surface area contributed by atoms with Crippen molar-refractivity contribution in [3.63, 3.8) is 0 Å². The molecule has 1 heterocycles. The zero-order valence-electron chi connectivity index (χ0n) is 39.2. The van der Waals surface area contributed by atoms with Crippen LogP contribution in [-0.4, -0.2) is 0 Å². The van der Waals surface area contributed by atoms with E-state index >= 15 is 0 Å². The van der Waals surface area contributed by atoms with Gasteiger partial charge >= 0.3 is 356 Å². The van der Waals surface area contributed by atoms with Crippen LogP contribution in [0.5, 0.6) is 0 Å². The minimum absolute atomic E-state index is 0. The van der Waals surface area contributed by atoms with Crippen LogP contribution in [0.4, 0.5) is 0 Å². The van der Waals surface area contributed by atoms with E-state index in [2.05, 4.69) is 182 Å². The molecular weight excluding hydrogens is 835 g/mol. The number of benzene rings is 4. The molecule has 0 N–H and O–H groups in total. The number of halogens is 2. The van der Waals surface area contributed by atoms with Crippen molar-refractivity contribution < 1.29 is 45.1 Å². The molecule has 4 aromatic rings. The Labute approximate surface area is 377 Å². The summed E-state index contributed by atoms with van der Waals surface area (Å²) >= 11 is -2.92. The van der Waals surface area contributed by atoms with Gasteiger partial charge in [-0.05, 0) is 0 Å². The van der Waals surface area contributed by atoms with Crippen LogP contribution >= 0.6 is 0 Å². The van der Waals surface area contributed by atoms with Crippen LogP contribution in [0, 0.1) is 0 Å². The van der Waals surface area contributed by atoms with E-state index in [4.69, 9.17) is 0 Å². The Kier molecular flexibility index (Phi) is 14.2. The summed E-state index contributed by atoms with van der Waals surface area (Å²) in [6.45, 7) is 33.2. The smallest absolute Gasteiger partial charge is 1.00 e. The molecule has 0 amide bonds. The number of hydrogen-bond acceptors (Lipinski definition) is 0. The largest absolute Gasteiger partial charge is 1.00 e. The van der Waals surface area contributed by atoms with Gasteiger partial charge in [0.1, 0.15) is 0 Å². The van der Waals surface area contributed by atoms with Crippen LogP contribution in [-0.2, 0) is 41.9 Å². The van der Waals surface area contributed by atoms with Crippen LogP contribution < -0.4 is 24.8 Å². The van der Waals surface area contributed by atoms with Gasteiger partial charge in [0, 0.05) is 0 Å². The van der Waals surface area contributed by atoms with Crippen LogP contribution in [0.15, 0.2) is 83.9 Å². The number of allylic oxidation sites excluding steroid dienone is 2. The summed E-state index contributed by atoms with van der Waals surface area (Å²) in [5, 5.41) is 0. The molecule has 59 heavy (non-hydrogen) atoms. The SMILES string of the molecule is CCCCC1=Cc2c(-c3cc(C(C)(C)C)cc(C(C)(C)C)c3)cccc2[CH]1[Zr+2]1([CH]2C(CCCC)=Cc3c(-c4cc(C(C)(C)C)cc(C(C)(C)C)c4)cccc32)[CH2][CH2]1.[Cl-].[Cl-]. The quantitative estimate of drug-likeness (QED) is 0.149. The summed E-state index contributed by atoms with van der Waals surface area (Å²) in [5.41, 5.74) is 21.8. The van der Waals surface area contributed by atoms with Gasteiger partial charge in [-0.25, -0.2) is 0 Å². The second kappa shape index (κ2) is 17.5. The Bertz CT molecular complexity index is 2000. The maximum atomic E-state index is 2.73.